The molecular weight excluding hydrogens is 302 g/mol. The van der Waals surface area contributed by atoms with Gasteiger partial charge in [-0.2, -0.15) is 0 Å². The lowest BCUT2D eigenvalue weighted by Gasteiger charge is -2.20. The highest BCUT2D eigenvalue weighted by Gasteiger charge is 2.30. The average molecular weight is 320 g/mol. The topological polar surface area (TPSA) is 72.4 Å². The van der Waals surface area contributed by atoms with Crippen LogP contribution in [-0.2, 0) is 11.3 Å². The first-order valence-electron chi connectivity index (χ1n) is 7.31. The number of halogens is 1. The Morgan fingerprint density at radius 2 is 2.27 bits per heavy atom. The Bertz CT molecular complexity index is 698. The van der Waals surface area contributed by atoms with Crippen molar-refractivity contribution in [2.45, 2.75) is 32.4 Å². The van der Waals surface area contributed by atoms with E-state index in [4.69, 9.17) is 21.8 Å². The molecule has 0 unspecified atom stereocenters. The van der Waals surface area contributed by atoms with Crippen molar-refractivity contribution < 1.29 is 9.21 Å². The largest absolute Gasteiger partial charge is 0.441 e. The molecule has 116 valence electrons. The Morgan fingerprint density at radius 3 is 3.00 bits per heavy atom. The second-order valence-electron chi connectivity index (χ2n) is 5.53. The summed E-state index contributed by atoms with van der Waals surface area (Å²) >= 11 is 6.18. The Morgan fingerprint density at radius 1 is 1.50 bits per heavy atom. The number of carbonyl (C=O) groups excluding carboxylic acids is 1. The van der Waals surface area contributed by atoms with Crippen LogP contribution in [0.25, 0.3) is 11.5 Å². The molecule has 2 heterocycles. The highest BCUT2D eigenvalue weighted by atomic mass is 35.5. The van der Waals surface area contributed by atoms with Crippen molar-refractivity contribution in [3.8, 4) is 11.5 Å². The number of likely N-dealkylation sites (tertiary alicyclic amines) is 1. The van der Waals surface area contributed by atoms with Gasteiger partial charge in [0, 0.05) is 6.54 Å². The predicted molar refractivity (Wildman–Crippen MR) is 84.3 cm³/mol. The molecule has 22 heavy (non-hydrogen) atoms. The fourth-order valence-corrected chi connectivity index (χ4v) is 3.07. The van der Waals surface area contributed by atoms with Crippen molar-refractivity contribution in [1.82, 2.24) is 9.88 Å². The second kappa shape index (κ2) is 6.10. The van der Waals surface area contributed by atoms with Crippen LogP contribution >= 0.6 is 11.6 Å². The number of rotatable bonds is 4. The zero-order valence-corrected chi connectivity index (χ0v) is 13.1. The van der Waals surface area contributed by atoms with Crippen LogP contribution in [0.2, 0.25) is 5.02 Å². The van der Waals surface area contributed by atoms with Crippen LogP contribution in [0.1, 0.15) is 24.3 Å². The van der Waals surface area contributed by atoms with Crippen LogP contribution < -0.4 is 5.73 Å². The molecule has 6 heteroatoms. The van der Waals surface area contributed by atoms with Gasteiger partial charge in [0.25, 0.3) is 0 Å². The smallest absolute Gasteiger partial charge is 0.234 e. The average Bonchev–Trinajstić information content (AvgIpc) is 3.07. The molecule has 0 saturated carbocycles. The van der Waals surface area contributed by atoms with Crippen molar-refractivity contribution >= 4 is 17.5 Å². The summed E-state index contributed by atoms with van der Waals surface area (Å²) in [5, 5.41) is 0.603. The maximum atomic E-state index is 11.5. The van der Waals surface area contributed by atoms with E-state index < -0.39 is 0 Å². The van der Waals surface area contributed by atoms with Crippen LogP contribution in [-0.4, -0.2) is 28.4 Å². The summed E-state index contributed by atoms with van der Waals surface area (Å²) in [6.45, 7) is 3.28. The number of carbonyl (C=O) groups is 1. The molecule has 0 radical (unpaired) electrons. The summed E-state index contributed by atoms with van der Waals surface area (Å²) in [7, 11) is 0. The van der Waals surface area contributed by atoms with Crippen molar-refractivity contribution in [1.29, 1.82) is 0 Å². The van der Waals surface area contributed by atoms with Gasteiger partial charge in [0.05, 0.1) is 22.3 Å². The monoisotopic (exact) mass is 319 g/mol. The summed E-state index contributed by atoms with van der Waals surface area (Å²) in [6, 6.07) is 7.23. The van der Waals surface area contributed by atoms with Gasteiger partial charge in [0.15, 0.2) is 0 Å². The molecule has 1 aromatic carbocycles. The SMILES string of the molecule is Cc1oc(-c2ccccc2Cl)nc1CN1CCC[C@H]1C(N)=O. The lowest BCUT2D eigenvalue weighted by atomic mass is 10.2. The van der Waals surface area contributed by atoms with Gasteiger partial charge in [-0.25, -0.2) is 4.98 Å². The number of benzene rings is 1. The summed E-state index contributed by atoms with van der Waals surface area (Å²) in [5.41, 5.74) is 7.05. The zero-order valence-electron chi connectivity index (χ0n) is 12.4. The number of hydrogen-bond acceptors (Lipinski definition) is 4. The number of aromatic nitrogens is 1. The molecule has 2 N–H and O–H groups in total. The number of hydrogen-bond donors (Lipinski definition) is 1. The molecule has 1 aliphatic heterocycles. The zero-order chi connectivity index (χ0) is 15.7. The normalized spacial score (nSPS) is 18.7. The minimum absolute atomic E-state index is 0.208. The Labute approximate surface area is 134 Å². The third-order valence-corrected chi connectivity index (χ3v) is 4.37. The van der Waals surface area contributed by atoms with Gasteiger partial charge in [-0.05, 0) is 38.4 Å². The summed E-state index contributed by atoms with van der Waals surface area (Å²) in [6.07, 6.45) is 1.78. The fraction of sp³-hybridized carbons (Fsp3) is 0.375. The van der Waals surface area contributed by atoms with E-state index in [1.165, 1.54) is 0 Å². The van der Waals surface area contributed by atoms with Gasteiger partial charge >= 0.3 is 0 Å². The number of amides is 1. The molecule has 2 aromatic rings. The minimum Gasteiger partial charge on any atom is -0.441 e. The summed E-state index contributed by atoms with van der Waals surface area (Å²) < 4.78 is 5.75. The summed E-state index contributed by atoms with van der Waals surface area (Å²) in [5.74, 6) is 0.975. The number of nitrogens with zero attached hydrogens (tertiary/aromatic N) is 2. The van der Waals surface area contributed by atoms with Crippen molar-refractivity contribution in [3.63, 3.8) is 0 Å². The Hall–Kier alpha value is -1.85. The maximum Gasteiger partial charge on any atom is 0.234 e. The molecule has 0 aliphatic carbocycles. The second-order valence-corrected chi connectivity index (χ2v) is 5.94. The van der Waals surface area contributed by atoms with Gasteiger partial charge in [0.2, 0.25) is 11.8 Å². The standard InChI is InChI=1S/C16H18ClN3O2/c1-10-13(9-20-8-4-7-14(20)15(18)21)19-16(22-10)11-5-2-3-6-12(11)17/h2-3,5-6,14H,4,7-9H2,1H3,(H2,18,21)/t14-/m0/s1. The lowest BCUT2D eigenvalue weighted by Crippen LogP contribution is -2.39. The van der Waals surface area contributed by atoms with Gasteiger partial charge < -0.3 is 10.2 Å². The third-order valence-electron chi connectivity index (χ3n) is 4.04. The molecule has 1 aromatic heterocycles. The Balaban J connectivity index is 1.84. The van der Waals surface area contributed by atoms with Gasteiger partial charge in [-0.15, -0.1) is 0 Å². The highest BCUT2D eigenvalue weighted by molar-refractivity contribution is 6.33. The van der Waals surface area contributed by atoms with Crippen LogP contribution in [0.5, 0.6) is 0 Å². The molecule has 1 amide bonds. The molecule has 1 aliphatic rings. The van der Waals surface area contributed by atoms with Crippen LogP contribution in [0, 0.1) is 6.92 Å². The van der Waals surface area contributed by atoms with Crippen molar-refractivity contribution in [2.24, 2.45) is 5.73 Å². The lowest BCUT2D eigenvalue weighted by molar-refractivity contribution is -0.122. The fourth-order valence-electron chi connectivity index (χ4n) is 2.85. The van der Waals surface area contributed by atoms with Crippen molar-refractivity contribution in [2.75, 3.05) is 6.54 Å². The van der Waals surface area contributed by atoms with Gasteiger partial charge in [0.1, 0.15) is 5.76 Å². The van der Waals surface area contributed by atoms with E-state index in [1.807, 2.05) is 25.1 Å². The first kappa shape index (κ1) is 15.1. The van der Waals surface area contributed by atoms with E-state index in [0.29, 0.717) is 17.5 Å². The van der Waals surface area contributed by atoms with E-state index in [-0.39, 0.29) is 11.9 Å². The molecule has 1 saturated heterocycles. The molecule has 1 atom stereocenters. The minimum atomic E-state index is -0.273. The summed E-state index contributed by atoms with van der Waals surface area (Å²) in [4.78, 5) is 18.1. The van der Waals surface area contributed by atoms with E-state index in [1.54, 1.807) is 6.07 Å². The van der Waals surface area contributed by atoms with Crippen LogP contribution in [0.15, 0.2) is 28.7 Å². The number of nitrogens with two attached hydrogens (primary N) is 1. The van der Waals surface area contributed by atoms with Crippen LogP contribution in [0.3, 0.4) is 0 Å². The molecule has 0 spiro atoms. The van der Waals surface area contributed by atoms with E-state index in [0.717, 1.165) is 36.4 Å². The molecule has 1 fully saturated rings. The number of primary amides is 1. The first-order chi connectivity index (χ1) is 10.6. The number of aryl methyl sites for hydroxylation is 1. The Kier molecular flexibility index (Phi) is 4.18. The van der Waals surface area contributed by atoms with E-state index in [2.05, 4.69) is 9.88 Å². The third kappa shape index (κ3) is 2.87. The van der Waals surface area contributed by atoms with Crippen LogP contribution in [0.4, 0.5) is 0 Å². The molecular formula is C16H18ClN3O2. The van der Waals surface area contributed by atoms with E-state index >= 15 is 0 Å². The maximum absolute atomic E-state index is 11.5. The molecule has 5 nitrogen and oxygen atoms in total. The van der Waals surface area contributed by atoms with Crippen molar-refractivity contribution in [3.05, 3.63) is 40.7 Å². The quantitative estimate of drug-likeness (QED) is 0.940. The van der Waals surface area contributed by atoms with E-state index in [9.17, 15) is 4.79 Å². The number of oxazole rings is 1. The predicted octanol–water partition coefficient (Wildman–Crippen LogP) is 2.75. The first-order valence-corrected chi connectivity index (χ1v) is 7.68. The molecule has 3 rings (SSSR count). The van der Waals surface area contributed by atoms with Gasteiger partial charge in [-0.3, -0.25) is 9.69 Å². The highest BCUT2D eigenvalue weighted by Crippen LogP contribution is 2.29. The molecule has 0 bridgehead atoms. The van der Waals surface area contributed by atoms with Gasteiger partial charge in [-0.1, -0.05) is 23.7 Å².